The molecule has 8 heteroatoms. The predicted octanol–water partition coefficient (Wildman–Crippen LogP) is 3.08. The van der Waals surface area contributed by atoms with Gasteiger partial charge in [-0.05, 0) is 32.9 Å². The summed E-state index contributed by atoms with van der Waals surface area (Å²) in [5, 5.41) is 5.13. The molecule has 2 amide bonds. The maximum absolute atomic E-state index is 12.3. The molecule has 132 valence electrons. The van der Waals surface area contributed by atoms with Crippen LogP contribution in [0.5, 0.6) is 5.75 Å². The van der Waals surface area contributed by atoms with Gasteiger partial charge in [-0.1, -0.05) is 6.07 Å². The molecule has 8 nitrogen and oxygen atoms in total. The van der Waals surface area contributed by atoms with Crippen molar-refractivity contribution in [2.24, 2.45) is 0 Å². The zero-order chi connectivity index (χ0) is 18.4. The standard InChI is InChI=1S/C17H20N4O4/c1-17(2,3)25-16(23)21-14-9-12(24-4)11(10-19-14)15(22)20-13-7-5-6-8-18-13/h5-10H,1-4H3,(H,18,20,22)(H,19,21,23). The minimum absolute atomic E-state index is 0.209. The molecular weight excluding hydrogens is 324 g/mol. The van der Waals surface area contributed by atoms with Gasteiger partial charge in [-0.15, -0.1) is 0 Å². The molecule has 0 saturated carbocycles. The van der Waals surface area contributed by atoms with E-state index in [0.29, 0.717) is 5.82 Å². The molecule has 0 unspecified atom stereocenters. The molecule has 0 spiro atoms. The van der Waals surface area contributed by atoms with Crippen LogP contribution >= 0.6 is 0 Å². The van der Waals surface area contributed by atoms with E-state index in [4.69, 9.17) is 9.47 Å². The third-order valence-corrected chi connectivity index (χ3v) is 2.87. The van der Waals surface area contributed by atoms with Crippen molar-refractivity contribution in [3.63, 3.8) is 0 Å². The van der Waals surface area contributed by atoms with Gasteiger partial charge < -0.3 is 14.8 Å². The van der Waals surface area contributed by atoms with Crippen LogP contribution in [-0.4, -0.2) is 34.7 Å². The van der Waals surface area contributed by atoms with Gasteiger partial charge >= 0.3 is 6.09 Å². The van der Waals surface area contributed by atoms with Crippen molar-refractivity contribution in [3.05, 3.63) is 42.2 Å². The first-order valence-electron chi connectivity index (χ1n) is 7.55. The second kappa shape index (κ2) is 7.61. The van der Waals surface area contributed by atoms with E-state index in [1.54, 1.807) is 45.2 Å². The molecule has 2 aromatic heterocycles. The first kappa shape index (κ1) is 18.2. The van der Waals surface area contributed by atoms with E-state index in [-0.39, 0.29) is 17.1 Å². The van der Waals surface area contributed by atoms with E-state index in [1.807, 2.05) is 0 Å². The number of rotatable bonds is 4. The molecule has 0 atom stereocenters. The lowest BCUT2D eigenvalue weighted by Gasteiger charge is -2.19. The van der Waals surface area contributed by atoms with Gasteiger partial charge in [0, 0.05) is 18.5 Å². The van der Waals surface area contributed by atoms with Crippen molar-refractivity contribution in [1.82, 2.24) is 9.97 Å². The fourth-order valence-electron chi connectivity index (χ4n) is 1.87. The van der Waals surface area contributed by atoms with Crippen LogP contribution in [0.25, 0.3) is 0 Å². The van der Waals surface area contributed by atoms with Crippen LogP contribution < -0.4 is 15.4 Å². The van der Waals surface area contributed by atoms with Gasteiger partial charge in [-0.25, -0.2) is 14.8 Å². The molecule has 0 saturated heterocycles. The largest absolute Gasteiger partial charge is 0.496 e. The summed E-state index contributed by atoms with van der Waals surface area (Å²) in [5.41, 5.74) is -0.417. The van der Waals surface area contributed by atoms with E-state index in [1.165, 1.54) is 19.4 Å². The number of aromatic nitrogens is 2. The summed E-state index contributed by atoms with van der Waals surface area (Å²) >= 11 is 0. The third kappa shape index (κ3) is 5.45. The fourth-order valence-corrected chi connectivity index (χ4v) is 1.87. The summed E-state index contributed by atoms with van der Waals surface area (Å²) < 4.78 is 10.4. The molecule has 0 aliphatic carbocycles. The summed E-state index contributed by atoms with van der Waals surface area (Å²) in [6, 6.07) is 6.61. The number of hydrogen-bond acceptors (Lipinski definition) is 6. The summed E-state index contributed by atoms with van der Waals surface area (Å²) in [5.74, 6) is 0.451. The molecule has 0 aliphatic rings. The molecular formula is C17H20N4O4. The molecule has 2 aromatic rings. The average Bonchev–Trinajstić information content (AvgIpc) is 2.53. The van der Waals surface area contributed by atoms with Gasteiger partial charge in [0.05, 0.1) is 7.11 Å². The number of anilines is 2. The number of hydrogen-bond donors (Lipinski definition) is 2. The van der Waals surface area contributed by atoms with Crippen LogP contribution in [0.3, 0.4) is 0 Å². The Bertz CT molecular complexity index is 757. The lowest BCUT2D eigenvalue weighted by atomic mass is 10.2. The molecule has 2 N–H and O–H groups in total. The van der Waals surface area contributed by atoms with Gasteiger partial charge in [0.2, 0.25) is 0 Å². The number of nitrogens with one attached hydrogen (secondary N) is 2. The lowest BCUT2D eigenvalue weighted by molar-refractivity contribution is 0.0635. The second-order valence-corrected chi connectivity index (χ2v) is 6.07. The van der Waals surface area contributed by atoms with Crippen molar-refractivity contribution in [3.8, 4) is 5.75 Å². The topological polar surface area (TPSA) is 102 Å². The minimum Gasteiger partial charge on any atom is -0.496 e. The second-order valence-electron chi connectivity index (χ2n) is 6.07. The number of amides is 2. The SMILES string of the molecule is COc1cc(NC(=O)OC(C)(C)C)ncc1C(=O)Nc1ccccn1. The number of carbonyl (C=O) groups excluding carboxylic acids is 2. The quantitative estimate of drug-likeness (QED) is 0.883. The predicted molar refractivity (Wildman–Crippen MR) is 92.8 cm³/mol. The Labute approximate surface area is 145 Å². The Morgan fingerprint density at radius 1 is 1.08 bits per heavy atom. The van der Waals surface area contributed by atoms with Gasteiger partial charge in [0.25, 0.3) is 5.91 Å². The highest BCUT2D eigenvalue weighted by molar-refractivity contribution is 6.05. The fraction of sp³-hybridized carbons (Fsp3) is 0.294. The Morgan fingerprint density at radius 3 is 2.44 bits per heavy atom. The number of nitrogens with zero attached hydrogens (tertiary/aromatic N) is 2. The molecule has 0 aliphatic heterocycles. The summed E-state index contributed by atoms with van der Waals surface area (Å²) in [6.45, 7) is 5.27. The number of carbonyl (C=O) groups is 2. The molecule has 25 heavy (non-hydrogen) atoms. The lowest BCUT2D eigenvalue weighted by Crippen LogP contribution is -2.27. The van der Waals surface area contributed by atoms with Crippen LogP contribution in [0.4, 0.5) is 16.4 Å². The highest BCUT2D eigenvalue weighted by Crippen LogP contribution is 2.22. The van der Waals surface area contributed by atoms with E-state index >= 15 is 0 Å². The maximum Gasteiger partial charge on any atom is 0.413 e. The normalized spacial score (nSPS) is 10.7. The Hall–Kier alpha value is -3.16. The van der Waals surface area contributed by atoms with Crippen LogP contribution in [0, 0.1) is 0 Å². The van der Waals surface area contributed by atoms with Gasteiger partial charge in [0.1, 0.15) is 28.5 Å². The molecule has 2 rings (SSSR count). The average molecular weight is 344 g/mol. The van der Waals surface area contributed by atoms with Crippen molar-refractivity contribution in [2.45, 2.75) is 26.4 Å². The van der Waals surface area contributed by atoms with Crippen molar-refractivity contribution in [2.75, 3.05) is 17.7 Å². The van der Waals surface area contributed by atoms with Crippen molar-refractivity contribution in [1.29, 1.82) is 0 Å². The number of methoxy groups -OCH3 is 1. The summed E-state index contributed by atoms with van der Waals surface area (Å²) in [6.07, 6.45) is 2.23. The van der Waals surface area contributed by atoms with Crippen LogP contribution in [-0.2, 0) is 4.74 Å². The van der Waals surface area contributed by atoms with E-state index in [0.717, 1.165) is 0 Å². The summed E-state index contributed by atoms with van der Waals surface area (Å²) in [7, 11) is 1.42. The molecule has 2 heterocycles. The van der Waals surface area contributed by atoms with E-state index < -0.39 is 17.6 Å². The monoisotopic (exact) mass is 344 g/mol. The van der Waals surface area contributed by atoms with Crippen molar-refractivity contribution >= 4 is 23.6 Å². The highest BCUT2D eigenvalue weighted by Gasteiger charge is 2.19. The first-order chi connectivity index (χ1) is 11.8. The van der Waals surface area contributed by atoms with Gasteiger partial charge in [0.15, 0.2) is 0 Å². The van der Waals surface area contributed by atoms with Gasteiger partial charge in [-0.3, -0.25) is 10.1 Å². The number of ether oxygens (including phenoxy) is 2. The van der Waals surface area contributed by atoms with E-state index in [9.17, 15) is 9.59 Å². The Morgan fingerprint density at radius 2 is 1.84 bits per heavy atom. The molecule has 0 radical (unpaired) electrons. The van der Waals surface area contributed by atoms with Crippen LogP contribution in [0.1, 0.15) is 31.1 Å². The Kier molecular flexibility index (Phi) is 5.53. The zero-order valence-corrected chi connectivity index (χ0v) is 14.5. The smallest absolute Gasteiger partial charge is 0.413 e. The minimum atomic E-state index is -0.646. The third-order valence-electron chi connectivity index (χ3n) is 2.87. The zero-order valence-electron chi connectivity index (χ0n) is 14.5. The van der Waals surface area contributed by atoms with Crippen LogP contribution in [0.2, 0.25) is 0 Å². The van der Waals surface area contributed by atoms with Gasteiger partial charge in [-0.2, -0.15) is 0 Å². The van der Waals surface area contributed by atoms with E-state index in [2.05, 4.69) is 20.6 Å². The molecule has 0 aromatic carbocycles. The summed E-state index contributed by atoms with van der Waals surface area (Å²) in [4.78, 5) is 32.2. The Balaban J connectivity index is 2.13. The highest BCUT2D eigenvalue weighted by atomic mass is 16.6. The van der Waals surface area contributed by atoms with Crippen molar-refractivity contribution < 1.29 is 19.1 Å². The number of pyridine rings is 2. The first-order valence-corrected chi connectivity index (χ1v) is 7.55. The van der Waals surface area contributed by atoms with Crippen LogP contribution in [0.15, 0.2) is 36.7 Å². The maximum atomic E-state index is 12.3. The molecule has 0 fully saturated rings. The molecule has 0 bridgehead atoms.